The van der Waals surface area contributed by atoms with Gasteiger partial charge in [-0.2, -0.15) is 13.2 Å². The minimum Gasteiger partial charge on any atom is -0.271 e. The van der Waals surface area contributed by atoms with Crippen LogP contribution in [-0.2, 0) is 16.0 Å². The molecule has 114 valence electrons. The highest BCUT2D eigenvalue weighted by Crippen LogP contribution is 2.35. The van der Waals surface area contributed by atoms with Gasteiger partial charge in [0.25, 0.3) is 0 Å². The van der Waals surface area contributed by atoms with E-state index in [4.69, 9.17) is 5.84 Å². The molecule has 0 fully saturated rings. The average Bonchev–Trinajstić information content (AvgIpc) is 2.32. The predicted molar refractivity (Wildman–Crippen MR) is 70.5 cm³/mol. The average molecular weight is 310 g/mol. The second-order valence-electron chi connectivity index (χ2n) is 4.58. The molecule has 0 spiro atoms. The number of nitrogens with two attached hydrogens (primary N) is 1. The van der Waals surface area contributed by atoms with Crippen LogP contribution in [0.4, 0.5) is 13.2 Å². The lowest BCUT2D eigenvalue weighted by Crippen LogP contribution is -2.30. The van der Waals surface area contributed by atoms with Gasteiger partial charge in [-0.3, -0.25) is 11.3 Å². The minimum absolute atomic E-state index is 0.0241. The molecule has 0 aliphatic carbocycles. The van der Waals surface area contributed by atoms with Crippen molar-refractivity contribution in [3.8, 4) is 0 Å². The van der Waals surface area contributed by atoms with Gasteiger partial charge in [0.2, 0.25) is 0 Å². The molecular weight excluding hydrogens is 293 g/mol. The van der Waals surface area contributed by atoms with E-state index >= 15 is 0 Å². The van der Waals surface area contributed by atoms with E-state index in [9.17, 15) is 21.6 Å². The summed E-state index contributed by atoms with van der Waals surface area (Å²) in [5.74, 6) is 5.22. The van der Waals surface area contributed by atoms with Crippen molar-refractivity contribution in [3.63, 3.8) is 0 Å². The van der Waals surface area contributed by atoms with E-state index in [0.29, 0.717) is 0 Å². The van der Waals surface area contributed by atoms with Gasteiger partial charge in [-0.1, -0.05) is 18.2 Å². The van der Waals surface area contributed by atoms with E-state index in [1.54, 1.807) is 0 Å². The first-order chi connectivity index (χ1) is 9.15. The number of halogens is 3. The van der Waals surface area contributed by atoms with Crippen molar-refractivity contribution in [2.24, 2.45) is 5.84 Å². The summed E-state index contributed by atoms with van der Waals surface area (Å²) in [6, 6.07) is 4.38. The molecular formula is C12H17F3N2O2S. The van der Waals surface area contributed by atoms with Crippen LogP contribution in [0.3, 0.4) is 0 Å². The summed E-state index contributed by atoms with van der Waals surface area (Å²) in [6.45, 7) is 0. The van der Waals surface area contributed by atoms with Gasteiger partial charge in [-0.05, 0) is 24.5 Å². The van der Waals surface area contributed by atoms with Crippen molar-refractivity contribution in [2.45, 2.75) is 25.1 Å². The van der Waals surface area contributed by atoms with Crippen LogP contribution in [0.15, 0.2) is 24.3 Å². The van der Waals surface area contributed by atoms with Crippen LogP contribution in [0.25, 0.3) is 0 Å². The Morgan fingerprint density at radius 3 is 2.40 bits per heavy atom. The Labute approximate surface area is 116 Å². The third-order valence-electron chi connectivity index (χ3n) is 2.85. The monoisotopic (exact) mass is 310 g/mol. The molecule has 0 radical (unpaired) electrons. The number of nitrogens with one attached hydrogen (secondary N) is 1. The molecule has 4 nitrogen and oxygen atoms in total. The second kappa shape index (κ2) is 6.55. The van der Waals surface area contributed by atoms with Crippen LogP contribution >= 0.6 is 0 Å². The zero-order valence-electron chi connectivity index (χ0n) is 10.9. The van der Waals surface area contributed by atoms with Gasteiger partial charge in [-0.25, -0.2) is 8.42 Å². The Balaban J connectivity index is 2.90. The quantitative estimate of drug-likeness (QED) is 0.623. The van der Waals surface area contributed by atoms with Gasteiger partial charge in [0.1, 0.15) is 9.84 Å². The van der Waals surface area contributed by atoms with Gasteiger partial charge in [0, 0.05) is 18.1 Å². The van der Waals surface area contributed by atoms with Crippen LogP contribution in [0, 0.1) is 0 Å². The van der Waals surface area contributed by atoms with Gasteiger partial charge < -0.3 is 0 Å². The molecule has 0 saturated carbocycles. The number of hydrazine groups is 1. The number of rotatable bonds is 6. The van der Waals surface area contributed by atoms with Crippen molar-refractivity contribution in [1.82, 2.24) is 5.43 Å². The van der Waals surface area contributed by atoms with E-state index in [-0.39, 0.29) is 24.2 Å². The Bertz CT molecular complexity index is 544. The highest BCUT2D eigenvalue weighted by atomic mass is 32.2. The van der Waals surface area contributed by atoms with Gasteiger partial charge in [0.15, 0.2) is 0 Å². The lowest BCUT2D eigenvalue weighted by Gasteiger charge is -2.20. The van der Waals surface area contributed by atoms with Crippen LogP contribution in [-0.4, -0.2) is 20.4 Å². The molecule has 3 N–H and O–H groups in total. The maximum absolute atomic E-state index is 12.9. The fourth-order valence-electron chi connectivity index (χ4n) is 1.94. The number of hydrogen-bond donors (Lipinski definition) is 2. The van der Waals surface area contributed by atoms with E-state index in [2.05, 4.69) is 5.43 Å². The van der Waals surface area contributed by atoms with E-state index < -0.39 is 27.6 Å². The largest absolute Gasteiger partial charge is 0.416 e. The minimum atomic E-state index is -4.47. The van der Waals surface area contributed by atoms with E-state index in [1.165, 1.54) is 18.2 Å². The number of sulfone groups is 1. The molecule has 1 aromatic rings. The molecule has 1 aromatic carbocycles. The van der Waals surface area contributed by atoms with Crippen LogP contribution in [0.2, 0.25) is 0 Å². The first-order valence-corrected chi connectivity index (χ1v) is 8.01. The molecule has 1 atom stereocenters. The summed E-state index contributed by atoms with van der Waals surface area (Å²) >= 11 is 0. The number of benzene rings is 1. The molecule has 0 aliphatic heterocycles. The normalized spacial score (nSPS) is 14.2. The highest BCUT2D eigenvalue weighted by Gasteiger charge is 2.34. The molecule has 20 heavy (non-hydrogen) atoms. The fraction of sp³-hybridized carbons (Fsp3) is 0.500. The molecule has 0 aromatic heterocycles. The predicted octanol–water partition coefficient (Wildman–Crippen LogP) is 2.03. The molecule has 0 heterocycles. The van der Waals surface area contributed by atoms with Gasteiger partial charge in [0.05, 0.1) is 5.56 Å². The smallest absolute Gasteiger partial charge is 0.271 e. The maximum Gasteiger partial charge on any atom is 0.416 e. The number of alkyl halides is 3. The van der Waals surface area contributed by atoms with E-state index in [1.807, 2.05) is 0 Å². The molecule has 1 rings (SSSR count). The standard InChI is InChI=1S/C12H17F3N2O2S/c1-20(18,19)8-4-7-11(17-16)9-5-2-3-6-10(9)12(13,14)15/h2-3,5-6,11,17H,4,7-8,16H2,1H3. The molecule has 0 bridgehead atoms. The second-order valence-corrected chi connectivity index (χ2v) is 6.84. The zero-order chi connectivity index (χ0) is 15.4. The van der Waals surface area contributed by atoms with Crippen molar-refractivity contribution >= 4 is 9.84 Å². The van der Waals surface area contributed by atoms with Crippen LogP contribution < -0.4 is 11.3 Å². The summed E-state index contributed by atoms with van der Waals surface area (Å²) in [7, 11) is -3.14. The molecule has 1 unspecified atom stereocenters. The lowest BCUT2D eigenvalue weighted by atomic mass is 9.97. The molecule has 0 amide bonds. The molecule has 0 saturated heterocycles. The summed E-state index contributed by atoms with van der Waals surface area (Å²) in [5, 5.41) is 0. The first-order valence-electron chi connectivity index (χ1n) is 5.95. The topological polar surface area (TPSA) is 72.2 Å². The molecule has 8 heteroatoms. The zero-order valence-corrected chi connectivity index (χ0v) is 11.8. The van der Waals surface area contributed by atoms with Gasteiger partial charge >= 0.3 is 6.18 Å². The number of hydrogen-bond acceptors (Lipinski definition) is 4. The highest BCUT2D eigenvalue weighted by molar-refractivity contribution is 7.90. The first kappa shape index (κ1) is 16.9. The van der Waals surface area contributed by atoms with Crippen LogP contribution in [0.1, 0.15) is 30.0 Å². The third-order valence-corrected chi connectivity index (χ3v) is 3.88. The van der Waals surface area contributed by atoms with Crippen LogP contribution in [0.5, 0.6) is 0 Å². The maximum atomic E-state index is 12.9. The van der Waals surface area contributed by atoms with Crippen molar-refractivity contribution in [2.75, 3.05) is 12.0 Å². The Morgan fingerprint density at radius 1 is 1.30 bits per heavy atom. The molecule has 0 aliphatic rings. The SMILES string of the molecule is CS(=O)(=O)CCCC(NN)c1ccccc1C(F)(F)F. The fourth-order valence-corrected chi connectivity index (χ4v) is 2.63. The van der Waals surface area contributed by atoms with Gasteiger partial charge in [-0.15, -0.1) is 0 Å². The Morgan fingerprint density at radius 2 is 1.90 bits per heavy atom. The Hall–Kier alpha value is -1.12. The summed E-state index contributed by atoms with van der Waals surface area (Å²) in [6.07, 6.45) is -2.94. The summed E-state index contributed by atoms with van der Waals surface area (Å²) < 4.78 is 60.7. The Kier molecular flexibility index (Phi) is 5.55. The van der Waals surface area contributed by atoms with Crippen molar-refractivity contribution in [1.29, 1.82) is 0 Å². The van der Waals surface area contributed by atoms with Crippen molar-refractivity contribution in [3.05, 3.63) is 35.4 Å². The van der Waals surface area contributed by atoms with E-state index in [0.717, 1.165) is 12.3 Å². The lowest BCUT2D eigenvalue weighted by molar-refractivity contribution is -0.138. The van der Waals surface area contributed by atoms with Crippen molar-refractivity contribution < 1.29 is 21.6 Å². The summed E-state index contributed by atoms with van der Waals surface area (Å²) in [4.78, 5) is 0. The third kappa shape index (κ3) is 5.10. The summed E-state index contributed by atoms with van der Waals surface area (Å²) in [5.41, 5.74) is 1.58.